The maximum absolute atomic E-state index is 12.7. The number of ether oxygens (including phenoxy) is 8. The first-order chi connectivity index (χ1) is 46.8. The number of aromatic amines is 2. The maximum atomic E-state index is 12.7. The van der Waals surface area contributed by atoms with Gasteiger partial charge in [0.1, 0.15) is 55.9 Å². The zero-order chi connectivity index (χ0) is 75.2. The van der Waals surface area contributed by atoms with Gasteiger partial charge in [0, 0.05) is 135 Å². The molecule has 102 heavy (non-hydrogen) atoms. The number of rotatable bonds is 25. The molecule has 4 aliphatic rings. The van der Waals surface area contributed by atoms with Crippen molar-refractivity contribution in [3.63, 3.8) is 0 Å². The van der Waals surface area contributed by atoms with Gasteiger partial charge in [-0.1, -0.05) is 6.58 Å². The highest BCUT2D eigenvalue weighted by molar-refractivity contribution is 7.53. The molecule has 4 aromatic rings. The van der Waals surface area contributed by atoms with Gasteiger partial charge in [0.15, 0.2) is 0 Å². The van der Waals surface area contributed by atoms with Crippen LogP contribution in [0.4, 0.5) is 0 Å². The lowest BCUT2D eigenvalue weighted by molar-refractivity contribution is -0.276. The molecule has 0 amide bonds. The van der Waals surface area contributed by atoms with Crippen molar-refractivity contribution in [3.05, 3.63) is 144 Å². The molecule has 45 heteroatoms. The molecular weight excluding hydrogens is 1440 g/mol. The summed E-state index contributed by atoms with van der Waals surface area (Å²) in [5.74, 6) is -0.589. The summed E-state index contributed by atoms with van der Waals surface area (Å²) in [5.41, 5.74) is -2.59. The topological polar surface area (TPSA) is 579 Å². The van der Waals surface area contributed by atoms with Gasteiger partial charge in [-0.05, 0) is 39.1 Å². The number of hydrogen-bond donors (Lipinski definition) is 6. The smallest absolute Gasteiger partial charge is 0.349 e. The minimum atomic E-state index is -3.76. The lowest BCUT2D eigenvalue weighted by Gasteiger charge is -2.21. The normalized spacial score (nSPS) is 24.8. The molecule has 8 rings (SSSR count). The number of hydrogen-bond acceptors (Lipinski definition) is 29. The molecule has 0 spiro atoms. The standard InChI is InChI=1S/2C15H22N3O7P.2C12H19N2O7P.C3H3N.H3N.H2O/c1-10-8-18(15(20)17-14(10)19)13-7-11(12(24-13)9-22-3)25-26(4,21)23-6-5-16-2;1-10-8-18(15(20)17(14(10)19)6-4-5-16)13-7-11(25-26(3,21)22)12(24-13)9-23-2;2*1-7-5-14(12(16)13-11(7)15)10-4-8(21-22(3,17)18)9(20-10)6-19-2;1-2-3-4;;/h8,11-13H,5-7,9H2,1,3-4H3,(H,17,19,20);8,11-13H,4,6-7,9H2,1-3H3,(H,21,22);2*5,8-10H,4,6H2,1-3H3,(H,17,18)(H,13,15,16);2H,1H2;1H3;1H2/p-1. The Bertz CT molecular complexity index is 4200. The summed E-state index contributed by atoms with van der Waals surface area (Å²) in [7, 11) is -8.71. The van der Waals surface area contributed by atoms with E-state index in [1.165, 1.54) is 91.2 Å². The second-order valence-corrected chi connectivity index (χ2v) is 30.3. The van der Waals surface area contributed by atoms with E-state index in [0.29, 0.717) is 22.3 Å². The highest BCUT2D eigenvalue weighted by Gasteiger charge is 2.44. The summed E-state index contributed by atoms with van der Waals surface area (Å²) in [4.78, 5) is 123. The van der Waals surface area contributed by atoms with Crippen LogP contribution in [0.5, 0.6) is 5.88 Å². The molecule has 10 N–H and O–H groups in total. The predicted octanol–water partition coefficient (Wildman–Crippen LogP) is 1.06. The fourth-order valence-corrected chi connectivity index (χ4v) is 13.5. The highest BCUT2D eigenvalue weighted by atomic mass is 31.2. The average molecular weight is 1530 g/mol. The molecule has 0 saturated carbocycles. The van der Waals surface area contributed by atoms with Gasteiger partial charge in [0.05, 0.1) is 69.4 Å². The Morgan fingerprint density at radius 3 is 1.31 bits per heavy atom. The predicted molar refractivity (Wildman–Crippen MR) is 358 cm³/mol. The van der Waals surface area contributed by atoms with E-state index in [4.69, 9.17) is 77.6 Å². The number of nitrogens with zero attached hydrogens (tertiary/aromatic N) is 9. The zero-order valence-corrected chi connectivity index (χ0v) is 61.7. The maximum Gasteiger partial charge on any atom is 0.349 e. The van der Waals surface area contributed by atoms with E-state index in [0.717, 1.165) is 24.6 Å². The van der Waals surface area contributed by atoms with Crippen molar-refractivity contribution < 1.29 is 104 Å². The monoisotopic (exact) mass is 1530 g/mol. The first kappa shape index (κ1) is 91.2. The molecule has 4 saturated heterocycles. The van der Waals surface area contributed by atoms with Crippen LogP contribution in [-0.2, 0) is 85.3 Å². The SMILES string of the molecule is C=CC#N.COCC1OC(n2cc(C)c(=O)[nH]c2=O)CC1OP(C)(=O)O.COCC1OC(n2cc(C)c(=O)n(CCC#N)c2=O)CC1OP(C)(=O)O.COCC1OC(n2cc(C)c([O-])nc2=O)CC1OP(C)(=O)O.N.O.[C-]#[N+]CCOP(C)(=O)OC1CC(n2cc(C)c(=O)[nH]c2=O)OC1COC. The average Bonchev–Trinajstić information content (AvgIpc) is 1.59. The molecule has 0 aromatic carbocycles. The molecule has 4 aromatic heterocycles. The minimum Gasteiger partial charge on any atom is -0.858 e. The second-order valence-electron chi connectivity index (χ2n) is 22.8. The number of nitriles is 2. The van der Waals surface area contributed by atoms with Gasteiger partial charge in [-0.15, -0.1) is 0 Å². The molecule has 16 atom stereocenters. The fourth-order valence-electron chi connectivity index (χ4n) is 10.1. The van der Waals surface area contributed by atoms with Crippen LogP contribution in [0.1, 0.15) is 79.3 Å². The van der Waals surface area contributed by atoms with Gasteiger partial charge in [-0.3, -0.25) is 65.4 Å². The van der Waals surface area contributed by atoms with Gasteiger partial charge in [-0.25, -0.2) is 30.7 Å². The Balaban J connectivity index is 0.000000452. The molecule has 16 unspecified atom stereocenters. The third kappa shape index (κ3) is 28.0. The summed E-state index contributed by atoms with van der Waals surface area (Å²) >= 11 is 0. The molecule has 572 valence electrons. The Labute approximate surface area is 583 Å². The van der Waals surface area contributed by atoms with Gasteiger partial charge >= 0.3 is 53.1 Å². The van der Waals surface area contributed by atoms with E-state index in [-0.39, 0.29) is 89.9 Å². The zero-order valence-electron chi connectivity index (χ0n) is 58.1. The number of nitrogens with one attached hydrogen (secondary N) is 2. The van der Waals surface area contributed by atoms with E-state index in [1.54, 1.807) is 26.8 Å². The van der Waals surface area contributed by atoms with Crippen LogP contribution >= 0.6 is 30.4 Å². The first-order valence-corrected chi connectivity index (χ1v) is 38.2. The Hall–Kier alpha value is -6.87. The number of aryl methyl sites for hydroxylation is 4. The number of methoxy groups -OCH3 is 4. The number of allylic oxidation sites excluding steroid dienone is 1. The van der Waals surface area contributed by atoms with Crippen LogP contribution < -0.4 is 50.7 Å². The summed E-state index contributed by atoms with van der Waals surface area (Å²) in [6.07, 6.45) is -0.630. The molecular formula is C57H89N12O29P4-. The summed E-state index contributed by atoms with van der Waals surface area (Å²) < 4.78 is 122. The quantitative estimate of drug-likeness (QED) is 0.0234. The van der Waals surface area contributed by atoms with Crippen LogP contribution in [0.3, 0.4) is 0 Å². The third-order valence-electron chi connectivity index (χ3n) is 14.4. The van der Waals surface area contributed by atoms with Gasteiger partial charge in [0.25, 0.3) is 16.7 Å². The van der Waals surface area contributed by atoms with Crippen LogP contribution in [0.2, 0.25) is 0 Å². The van der Waals surface area contributed by atoms with Gasteiger partial charge in [0.2, 0.25) is 6.54 Å². The minimum absolute atomic E-state index is 0. The molecule has 0 bridgehead atoms. The van der Waals surface area contributed by atoms with Gasteiger partial charge in [-0.2, -0.15) is 10.5 Å². The van der Waals surface area contributed by atoms with E-state index >= 15 is 0 Å². The molecule has 4 aliphatic heterocycles. The van der Waals surface area contributed by atoms with Crippen molar-refractivity contribution in [2.75, 3.05) is 94.7 Å². The molecule has 0 aliphatic carbocycles. The fraction of sp³-hybridized carbons (Fsp3) is 0.632. The first-order valence-electron chi connectivity index (χ1n) is 30.2. The van der Waals surface area contributed by atoms with Crippen molar-refractivity contribution in [1.82, 2.24) is 43.9 Å². The van der Waals surface area contributed by atoms with Crippen molar-refractivity contribution in [2.24, 2.45) is 0 Å². The molecule has 4 fully saturated rings. The molecule has 8 heterocycles. The van der Waals surface area contributed by atoms with Crippen molar-refractivity contribution >= 4 is 30.4 Å². The van der Waals surface area contributed by atoms with E-state index in [9.17, 15) is 71.6 Å². The van der Waals surface area contributed by atoms with Crippen LogP contribution in [0.25, 0.3) is 4.85 Å². The van der Waals surface area contributed by atoms with E-state index in [2.05, 4.69) is 26.4 Å². The number of aromatic nitrogens is 8. The Kier molecular flexibility index (Phi) is 37.2. The van der Waals surface area contributed by atoms with Crippen LogP contribution in [0.15, 0.2) is 71.0 Å². The highest BCUT2D eigenvalue weighted by Crippen LogP contribution is 2.49. The Morgan fingerprint density at radius 1 is 0.627 bits per heavy atom. The lowest BCUT2D eigenvalue weighted by Crippen LogP contribution is -2.42. The van der Waals surface area contributed by atoms with Crippen LogP contribution in [0, 0.1) is 56.9 Å². The summed E-state index contributed by atoms with van der Waals surface area (Å²) in [5, 5.41) is 27.6. The summed E-state index contributed by atoms with van der Waals surface area (Å²) in [6, 6.07) is 3.60. The van der Waals surface area contributed by atoms with E-state index < -0.39 is 149 Å². The Morgan fingerprint density at radius 2 is 0.971 bits per heavy atom. The third-order valence-corrected chi connectivity index (χ3v) is 17.7. The van der Waals surface area contributed by atoms with Gasteiger partial charge < -0.3 is 96.8 Å². The molecule has 41 nitrogen and oxygen atoms in total. The number of H-pyrrole nitrogens is 2. The second kappa shape index (κ2) is 41.6. The van der Waals surface area contributed by atoms with Crippen molar-refractivity contribution in [2.45, 2.75) is 140 Å². The largest absolute Gasteiger partial charge is 0.858 e. The van der Waals surface area contributed by atoms with Crippen molar-refractivity contribution in [1.29, 1.82) is 10.5 Å². The van der Waals surface area contributed by atoms with Crippen LogP contribution in [-0.4, -0.2) is 201 Å². The van der Waals surface area contributed by atoms with E-state index in [1.807, 2.05) is 6.07 Å². The molecule has 0 radical (unpaired) electrons. The lowest BCUT2D eigenvalue weighted by atomic mass is 10.2. The summed E-state index contributed by atoms with van der Waals surface area (Å²) in [6.45, 7) is 21.3. The van der Waals surface area contributed by atoms with Crippen molar-refractivity contribution in [3.8, 4) is 18.0 Å².